The molecule has 0 heterocycles. The van der Waals surface area contributed by atoms with E-state index in [1.165, 1.54) is 0 Å². The fourth-order valence-electron chi connectivity index (χ4n) is 3.42. The van der Waals surface area contributed by atoms with E-state index < -0.39 is 35.2 Å². The van der Waals surface area contributed by atoms with Crippen molar-refractivity contribution in [2.75, 3.05) is 39.6 Å². The lowest BCUT2D eigenvalue weighted by atomic mass is 10.2. The lowest BCUT2D eigenvalue weighted by Crippen LogP contribution is -2.62. The molecule has 0 aliphatic rings. The van der Waals surface area contributed by atoms with Crippen LogP contribution >= 0.6 is 0 Å². The Balaban J connectivity index is 5.93. The molecule has 0 saturated carbocycles. The first-order valence-electron chi connectivity index (χ1n) is 11.8. The average Bonchev–Trinajstić information content (AvgIpc) is 2.70. The maximum atomic E-state index is 13.1. The SMILES string of the molecule is CCO[Si](OCC)(OCC)C(OC(=O)OC(C(C)C)[Si](OCC)(OCC)OCC)C(C)C. The van der Waals surface area contributed by atoms with Crippen LogP contribution in [-0.2, 0) is 36.0 Å². The van der Waals surface area contributed by atoms with Gasteiger partial charge in [0.15, 0.2) is 11.5 Å². The van der Waals surface area contributed by atoms with Gasteiger partial charge in [-0.25, -0.2) is 4.79 Å². The molecule has 2 unspecified atom stereocenters. The highest BCUT2D eigenvalue weighted by atomic mass is 28.4. The van der Waals surface area contributed by atoms with Gasteiger partial charge in [-0.3, -0.25) is 0 Å². The summed E-state index contributed by atoms with van der Waals surface area (Å²) in [6.07, 6.45) is -0.852. The summed E-state index contributed by atoms with van der Waals surface area (Å²) >= 11 is 0. The van der Waals surface area contributed by atoms with Crippen molar-refractivity contribution in [3.8, 4) is 0 Å². The maximum Gasteiger partial charge on any atom is 0.544 e. The Morgan fingerprint density at radius 1 is 0.531 bits per heavy atom. The summed E-state index contributed by atoms with van der Waals surface area (Å²) in [5.74, 6) is -0.243. The van der Waals surface area contributed by atoms with Crippen LogP contribution in [0.1, 0.15) is 69.2 Å². The van der Waals surface area contributed by atoms with Crippen molar-refractivity contribution in [3.63, 3.8) is 0 Å². The topological polar surface area (TPSA) is 90.9 Å². The van der Waals surface area contributed by atoms with E-state index in [-0.39, 0.29) is 11.8 Å². The van der Waals surface area contributed by atoms with Gasteiger partial charge in [0.05, 0.1) is 0 Å². The molecule has 9 nitrogen and oxygen atoms in total. The monoisotopic (exact) mass is 498 g/mol. The van der Waals surface area contributed by atoms with Crippen LogP contribution in [0, 0.1) is 11.8 Å². The molecule has 0 aliphatic carbocycles. The highest BCUT2D eigenvalue weighted by molar-refractivity contribution is 6.63. The quantitative estimate of drug-likeness (QED) is 0.202. The van der Waals surface area contributed by atoms with Gasteiger partial charge in [0.1, 0.15) is 0 Å². The molecule has 2 atom stereocenters. The van der Waals surface area contributed by atoms with Crippen LogP contribution in [0.5, 0.6) is 0 Å². The molecule has 32 heavy (non-hydrogen) atoms. The van der Waals surface area contributed by atoms with Gasteiger partial charge in [-0.1, -0.05) is 27.7 Å². The first-order chi connectivity index (χ1) is 15.1. The predicted molar refractivity (Wildman–Crippen MR) is 126 cm³/mol. The van der Waals surface area contributed by atoms with E-state index in [2.05, 4.69) is 0 Å². The summed E-state index contributed by atoms with van der Waals surface area (Å²) in [6.45, 7) is 21.1. The van der Waals surface area contributed by atoms with Crippen molar-refractivity contribution in [1.29, 1.82) is 0 Å². The number of hydrogen-bond acceptors (Lipinski definition) is 9. The Morgan fingerprint density at radius 3 is 0.906 bits per heavy atom. The third-order valence-electron chi connectivity index (χ3n) is 4.43. The summed E-state index contributed by atoms with van der Waals surface area (Å²) < 4.78 is 47.5. The van der Waals surface area contributed by atoms with Gasteiger partial charge in [0, 0.05) is 39.6 Å². The fourth-order valence-corrected chi connectivity index (χ4v) is 9.43. The van der Waals surface area contributed by atoms with E-state index in [1.807, 2.05) is 69.2 Å². The van der Waals surface area contributed by atoms with Crippen LogP contribution < -0.4 is 0 Å². The highest BCUT2D eigenvalue weighted by Crippen LogP contribution is 2.28. The zero-order valence-electron chi connectivity index (χ0n) is 21.7. The van der Waals surface area contributed by atoms with Crippen LogP contribution in [0.3, 0.4) is 0 Å². The number of carbonyl (C=O) groups is 1. The smallest absolute Gasteiger partial charge is 0.426 e. The molecule has 0 amide bonds. The van der Waals surface area contributed by atoms with Gasteiger partial charge in [-0.15, -0.1) is 0 Å². The second kappa shape index (κ2) is 16.2. The van der Waals surface area contributed by atoms with Crippen molar-refractivity contribution in [2.24, 2.45) is 11.8 Å². The van der Waals surface area contributed by atoms with Crippen LogP contribution in [0.15, 0.2) is 0 Å². The second-order valence-corrected chi connectivity index (χ2v) is 12.9. The zero-order valence-corrected chi connectivity index (χ0v) is 23.7. The van der Waals surface area contributed by atoms with Crippen molar-refractivity contribution >= 4 is 23.8 Å². The Bertz CT molecular complexity index is 430. The Labute approximate surface area is 197 Å². The number of carbonyl (C=O) groups excluding carboxylic acids is 1. The summed E-state index contributed by atoms with van der Waals surface area (Å²) in [6, 6.07) is 0. The molecule has 0 aliphatic heterocycles. The van der Waals surface area contributed by atoms with Gasteiger partial charge in [0.2, 0.25) is 0 Å². The molecular formula is C21H46O9Si2. The molecule has 0 aromatic carbocycles. The third kappa shape index (κ3) is 9.01. The minimum Gasteiger partial charge on any atom is -0.426 e. The average molecular weight is 499 g/mol. The van der Waals surface area contributed by atoms with Crippen molar-refractivity contribution in [1.82, 2.24) is 0 Å². The molecule has 11 heteroatoms. The van der Waals surface area contributed by atoms with Crippen LogP contribution in [0.25, 0.3) is 0 Å². The van der Waals surface area contributed by atoms with Crippen LogP contribution in [-0.4, -0.2) is 74.9 Å². The van der Waals surface area contributed by atoms with Gasteiger partial charge in [-0.05, 0) is 53.4 Å². The van der Waals surface area contributed by atoms with Gasteiger partial charge in [0.25, 0.3) is 0 Å². The van der Waals surface area contributed by atoms with Crippen molar-refractivity contribution < 1.29 is 40.8 Å². The summed E-state index contributed by atoms with van der Waals surface area (Å²) in [5, 5.41) is 0. The van der Waals surface area contributed by atoms with E-state index in [1.54, 1.807) is 0 Å². The zero-order chi connectivity index (χ0) is 24.8. The second-order valence-electron chi connectivity index (χ2n) is 7.62. The minimum atomic E-state index is -3.33. The standard InChI is InChI=1S/C21H46O9Si2/c1-11-23-31(24-12-2,25-13-3)19(17(7)8)29-21(22)30-20(18(9)10)32(26-14-4,27-15-5)28-16-6/h17-20H,11-16H2,1-10H3. The normalized spacial score (nSPS) is 14.6. The number of hydrogen-bond donors (Lipinski definition) is 0. The summed E-state index contributed by atoms with van der Waals surface area (Å²) in [5.41, 5.74) is -1.46. The maximum absolute atomic E-state index is 13.1. The molecule has 0 bridgehead atoms. The first-order valence-corrected chi connectivity index (χ1v) is 15.4. The summed E-state index contributed by atoms with van der Waals surface area (Å²) in [4.78, 5) is 13.1. The molecule has 0 rings (SSSR count). The Morgan fingerprint density at radius 2 is 0.750 bits per heavy atom. The van der Waals surface area contributed by atoms with E-state index in [4.69, 9.17) is 36.0 Å². The predicted octanol–water partition coefficient (Wildman–Crippen LogP) is 4.36. The molecule has 0 fully saturated rings. The van der Waals surface area contributed by atoms with Crippen LogP contribution in [0.4, 0.5) is 4.79 Å². The molecule has 0 aromatic rings. The molecule has 0 spiro atoms. The summed E-state index contributed by atoms with van der Waals surface area (Å²) in [7, 11) is -6.65. The van der Waals surface area contributed by atoms with Gasteiger partial charge in [-0.2, -0.15) is 0 Å². The Kier molecular flexibility index (Phi) is 15.9. The minimum absolute atomic E-state index is 0.121. The molecule has 192 valence electrons. The number of rotatable bonds is 18. The lowest BCUT2D eigenvalue weighted by Gasteiger charge is -2.38. The van der Waals surface area contributed by atoms with E-state index >= 15 is 0 Å². The molecule has 0 radical (unpaired) electrons. The van der Waals surface area contributed by atoms with Gasteiger partial charge < -0.3 is 36.0 Å². The number of ether oxygens (including phenoxy) is 2. The van der Waals surface area contributed by atoms with Crippen LogP contribution in [0.2, 0.25) is 0 Å². The van der Waals surface area contributed by atoms with E-state index in [0.717, 1.165) is 0 Å². The van der Waals surface area contributed by atoms with E-state index in [9.17, 15) is 4.79 Å². The lowest BCUT2D eigenvalue weighted by molar-refractivity contribution is -0.0514. The molecule has 0 saturated heterocycles. The Hall–Kier alpha value is -0.536. The molecule has 0 N–H and O–H groups in total. The highest BCUT2D eigenvalue weighted by Gasteiger charge is 2.56. The first kappa shape index (κ1) is 31.5. The largest absolute Gasteiger partial charge is 0.544 e. The third-order valence-corrected chi connectivity index (χ3v) is 11.5. The molecule has 0 aromatic heterocycles. The van der Waals surface area contributed by atoms with E-state index in [0.29, 0.717) is 39.6 Å². The van der Waals surface area contributed by atoms with Gasteiger partial charge >= 0.3 is 23.8 Å². The van der Waals surface area contributed by atoms with Crippen molar-refractivity contribution in [2.45, 2.75) is 80.7 Å². The van der Waals surface area contributed by atoms with Crippen molar-refractivity contribution in [3.05, 3.63) is 0 Å². The fraction of sp³-hybridized carbons (Fsp3) is 0.952. The molecular weight excluding hydrogens is 452 g/mol.